The molecule has 0 N–H and O–H groups in total. The van der Waals surface area contributed by atoms with Crippen molar-refractivity contribution in [3.05, 3.63) is 35.1 Å². The highest BCUT2D eigenvalue weighted by Gasteiger charge is 2.37. The van der Waals surface area contributed by atoms with E-state index in [0.29, 0.717) is 6.54 Å². The van der Waals surface area contributed by atoms with Crippen molar-refractivity contribution in [1.29, 1.82) is 0 Å². The Morgan fingerprint density at radius 3 is 2.50 bits per heavy atom. The van der Waals surface area contributed by atoms with Crippen molar-refractivity contribution in [2.24, 2.45) is 5.92 Å². The van der Waals surface area contributed by atoms with Crippen molar-refractivity contribution in [2.75, 3.05) is 6.54 Å². The van der Waals surface area contributed by atoms with Gasteiger partial charge in [0.2, 0.25) is 10.0 Å². The average molecular weight is 299 g/mol. The minimum atomic E-state index is -3.45. The van der Waals surface area contributed by atoms with Gasteiger partial charge in [0.25, 0.3) is 0 Å². The van der Waals surface area contributed by atoms with E-state index >= 15 is 0 Å². The molecule has 0 aromatic heterocycles. The van der Waals surface area contributed by atoms with E-state index in [1.165, 1.54) is 6.07 Å². The minimum absolute atomic E-state index is 0.121. The number of hydrogen-bond acceptors (Lipinski definition) is 2. The Bertz CT molecular complexity index is 580. The molecule has 3 nitrogen and oxygen atoms in total. The van der Waals surface area contributed by atoms with E-state index in [1.807, 2.05) is 13.8 Å². The molecule has 1 aliphatic rings. The lowest BCUT2D eigenvalue weighted by Gasteiger charge is -2.24. The summed E-state index contributed by atoms with van der Waals surface area (Å²) in [6, 6.07) is 4.82. The number of nitrogens with zero attached hydrogens (tertiary/aromatic N) is 1. The molecule has 0 saturated heterocycles. The van der Waals surface area contributed by atoms with E-state index in [-0.39, 0.29) is 23.3 Å². The predicted octanol–water partition coefficient (Wildman–Crippen LogP) is 3.08. The summed E-state index contributed by atoms with van der Waals surface area (Å²) in [5, 5.41) is 0. The highest BCUT2D eigenvalue weighted by molar-refractivity contribution is 7.88. The zero-order chi connectivity index (χ0) is 14.9. The lowest BCUT2D eigenvalue weighted by Crippen LogP contribution is -2.37. The second-order valence-corrected chi connectivity index (χ2v) is 7.97. The molecule has 0 aliphatic heterocycles. The fourth-order valence-electron chi connectivity index (χ4n) is 2.26. The van der Waals surface area contributed by atoms with Crippen LogP contribution in [0.5, 0.6) is 0 Å². The highest BCUT2D eigenvalue weighted by Crippen LogP contribution is 2.31. The fraction of sp³-hybridized carbons (Fsp3) is 0.600. The molecular formula is C15H22FNO2S. The summed E-state index contributed by atoms with van der Waals surface area (Å²) in [5.74, 6) is -0.412. The fourth-order valence-corrected chi connectivity index (χ4v) is 4.24. The maximum atomic E-state index is 13.8. The highest BCUT2D eigenvalue weighted by atomic mass is 32.2. The first kappa shape index (κ1) is 15.4. The SMILES string of the molecule is Cc1ccc(CS(=O)(=O)N(CC(C)C)C2CC2)c(F)c1. The summed E-state index contributed by atoms with van der Waals surface area (Å²) < 4.78 is 40.4. The summed E-state index contributed by atoms with van der Waals surface area (Å²) >= 11 is 0. The molecule has 2 rings (SSSR count). The molecule has 112 valence electrons. The zero-order valence-electron chi connectivity index (χ0n) is 12.3. The lowest BCUT2D eigenvalue weighted by molar-refractivity contribution is 0.359. The van der Waals surface area contributed by atoms with Crippen LogP contribution in [0.1, 0.15) is 37.8 Å². The third-order valence-corrected chi connectivity index (χ3v) is 5.24. The van der Waals surface area contributed by atoms with Gasteiger partial charge in [-0.3, -0.25) is 0 Å². The van der Waals surface area contributed by atoms with Crippen LogP contribution in [-0.4, -0.2) is 25.3 Å². The van der Waals surface area contributed by atoms with Crippen LogP contribution in [0, 0.1) is 18.7 Å². The number of hydrogen-bond donors (Lipinski definition) is 0. The molecule has 20 heavy (non-hydrogen) atoms. The van der Waals surface area contributed by atoms with Crippen molar-refractivity contribution in [3.63, 3.8) is 0 Å². The van der Waals surface area contributed by atoms with Crippen LogP contribution in [0.3, 0.4) is 0 Å². The Morgan fingerprint density at radius 2 is 2.00 bits per heavy atom. The Balaban J connectivity index is 2.20. The molecule has 0 amide bonds. The first-order valence-electron chi connectivity index (χ1n) is 7.04. The second-order valence-electron chi connectivity index (χ2n) is 6.05. The molecule has 0 radical (unpaired) electrons. The van der Waals surface area contributed by atoms with Gasteiger partial charge in [0.1, 0.15) is 5.82 Å². The van der Waals surface area contributed by atoms with Crippen LogP contribution in [0.25, 0.3) is 0 Å². The molecule has 0 spiro atoms. The maximum Gasteiger partial charge on any atom is 0.218 e. The third kappa shape index (κ3) is 3.79. The third-order valence-electron chi connectivity index (χ3n) is 3.40. The van der Waals surface area contributed by atoms with E-state index in [0.717, 1.165) is 18.4 Å². The minimum Gasteiger partial charge on any atom is -0.212 e. The Hall–Kier alpha value is -0.940. The molecule has 0 bridgehead atoms. The number of aryl methyl sites for hydroxylation is 1. The summed E-state index contributed by atoms with van der Waals surface area (Å²) in [4.78, 5) is 0. The molecule has 0 atom stereocenters. The molecular weight excluding hydrogens is 277 g/mol. The van der Waals surface area contributed by atoms with Crippen molar-refractivity contribution < 1.29 is 12.8 Å². The Morgan fingerprint density at radius 1 is 1.35 bits per heavy atom. The zero-order valence-corrected chi connectivity index (χ0v) is 13.1. The molecule has 1 aromatic carbocycles. The van der Waals surface area contributed by atoms with E-state index in [1.54, 1.807) is 23.4 Å². The molecule has 0 unspecified atom stereocenters. The van der Waals surface area contributed by atoms with Gasteiger partial charge in [-0.1, -0.05) is 26.0 Å². The molecule has 0 heterocycles. The van der Waals surface area contributed by atoms with Gasteiger partial charge in [0.15, 0.2) is 0 Å². The van der Waals surface area contributed by atoms with E-state index in [2.05, 4.69) is 0 Å². The predicted molar refractivity (Wildman–Crippen MR) is 78.3 cm³/mol. The van der Waals surface area contributed by atoms with E-state index in [4.69, 9.17) is 0 Å². The lowest BCUT2D eigenvalue weighted by atomic mass is 10.2. The Labute approximate surface area is 120 Å². The van der Waals surface area contributed by atoms with Crippen LogP contribution < -0.4 is 0 Å². The first-order chi connectivity index (χ1) is 9.29. The molecule has 1 fully saturated rings. The van der Waals surface area contributed by atoms with Crippen molar-refractivity contribution in [3.8, 4) is 0 Å². The van der Waals surface area contributed by atoms with E-state index in [9.17, 15) is 12.8 Å². The summed E-state index contributed by atoms with van der Waals surface area (Å²) in [6.07, 6.45) is 1.84. The van der Waals surface area contributed by atoms with Crippen LogP contribution in [0.15, 0.2) is 18.2 Å². The molecule has 1 saturated carbocycles. The summed E-state index contributed by atoms with van der Waals surface area (Å²) in [6.45, 7) is 6.30. The van der Waals surface area contributed by atoms with Gasteiger partial charge in [0, 0.05) is 18.2 Å². The van der Waals surface area contributed by atoms with Gasteiger partial charge in [-0.2, -0.15) is 4.31 Å². The van der Waals surface area contributed by atoms with Gasteiger partial charge in [-0.25, -0.2) is 12.8 Å². The van der Waals surface area contributed by atoms with Crippen LogP contribution in [0.4, 0.5) is 4.39 Å². The summed E-state index contributed by atoms with van der Waals surface area (Å²) in [5.41, 5.74) is 1.05. The van der Waals surface area contributed by atoms with Gasteiger partial charge in [-0.15, -0.1) is 0 Å². The average Bonchev–Trinajstić information content (AvgIpc) is 3.13. The standard InChI is InChI=1S/C15H22FNO2S/c1-11(2)9-17(14-6-7-14)20(18,19)10-13-5-4-12(3)8-15(13)16/h4-5,8,11,14H,6-7,9-10H2,1-3H3. The quantitative estimate of drug-likeness (QED) is 0.809. The summed E-state index contributed by atoms with van der Waals surface area (Å²) in [7, 11) is -3.45. The monoisotopic (exact) mass is 299 g/mol. The topological polar surface area (TPSA) is 37.4 Å². The van der Waals surface area contributed by atoms with Crippen LogP contribution >= 0.6 is 0 Å². The number of benzene rings is 1. The molecule has 1 aliphatic carbocycles. The van der Waals surface area contributed by atoms with E-state index < -0.39 is 15.8 Å². The molecule has 1 aromatic rings. The normalized spacial score (nSPS) is 16.1. The Kier molecular flexibility index (Phi) is 4.49. The van der Waals surface area contributed by atoms with Gasteiger partial charge >= 0.3 is 0 Å². The van der Waals surface area contributed by atoms with Crippen molar-refractivity contribution >= 4 is 10.0 Å². The largest absolute Gasteiger partial charge is 0.218 e. The van der Waals surface area contributed by atoms with Gasteiger partial charge in [0.05, 0.1) is 5.75 Å². The molecule has 5 heteroatoms. The first-order valence-corrected chi connectivity index (χ1v) is 8.65. The van der Waals surface area contributed by atoms with Gasteiger partial charge < -0.3 is 0 Å². The number of sulfonamides is 1. The van der Waals surface area contributed by atoms with Crippen molar-refractivity contribution in [2.45, 2.75) is 45.4 Å². The second kappa shape index (κ2) is 5.82. The van der Waals surface area contributed by atoms with Crippen molar-refractivity contribution in [1.82, 2.24) is 4.31 Å². The number of halogens is 1. The van der Waals surface area contributed by atoms with Gasteiger partial charge in [-0.05, 0) is 37.3 Å². The maximum absolute atomic E-state index is 13.8. The van der Waals surface area contributed by atoms with Crippen LogP contribution in [-0.2, 0) is 15.8 Å². The van der Waals surface area contributed by atoms with Crippen LogP contribution in [0.2, 0.25) is 0 Å². The smallest absolute Gasteiger partial charge is 0.212 e. The number of rotatable bonds is 6.